The summed E-state index contributed by atoms with van der Waals surface area (Å²) < 4.78 is 1.65. The lowest BCUT2D eigenvalue weighted by Gasteiger charge is -2.13. The van der Waals surface area contributed by atoms with Crippen LogP contribution in [0.4, 0.5) is 0 Å². The van der Waals surface area contributed by atoms with Gasteiger partial charge in [-0.15, -0.1) is 11.8 Å². The van der Waals surface area contributed by atoms with Crippen LogP contribution in [0.5, 0.6) is 0 Å². The Hall–Kier alpha value is -2.08. The summed E-state index contributed by atoms with van der Waals surface area (Å²) in [5, 5.41) is 0.797. The van der Waals surface area contributed by atoms with Gasteiger partial charge in [0.15, 0.2) is 11.3 Å². The highest BCUT2D eigenvalue weighted by Gasteiger charge is 2.16. The summed E-state index contributed by atoms with van der Waals surface area (Å²) in [6.45, 7) is 1.98. The minimum absolute atomic E-state index is 0.0937. The number of fused-ring (bicyclic) bond motifs is 1. The molecular weight excluding hydrogens is 272 g/mol. The largest absolute Gasteiger partial charge is 0.329 e. The molecular formula is C14H14N4OS. The summed E-state index contributed by atoms with van der Waals surface area (Å²) in [4.78, 5) is 23.7. The van der Waals surface area contributed by atoms with Gasteiger partial charge in [0.05, 0.1) is 12.2 Å². The predicted octanol–water partition coefficient (Wildman–Crippen LogP) is 2.45. The summed E-state index contributed by atoms with van der Waals surface area (Å²) in [7, 11) is 0. The number of hydrogen-bond donors (Lipinski definition) is 1. The van der Waals surface area contributed by atoms with Crippen molar-refractivity contribution in [2.24, 2.45) is 0 Å². The van der Waals surface area contributed by atoms with E-state index in [4.69, 9.17) is 0 Å². The van der Waals surface area contributed by atoms with E-state index in [2.05, 4.69) is 15.0 Å². The highest BCUT2D eigenvalue weighted by Crippen LogP contribution is 2.20. The molecule has 0 aliphatic heterocycles. The number of hydrogen-bond acceptors (Lipinski definition) is 4. The number of imidazole rings is 1. The molecule has 0 bridgehead atoms. The van der Waals surface area contributed by atoms with E-state index in [9.17, 15) is 4.79 Å². The molecule has 20 heavy (non-hydrogen) atoms. The van der Waals surface area contributed by atoms with Crippen molar-refractivity contribution in [2.45, 2.75) is 18.0 Å². The average Bonchev–Trinajstić information content (AvgIpc) is 2.82. The van der Waals surface area contributed by atoms with Crippen molar-refractivity contribution < 1.29 is 0 Å². The molecule has 0 aliphatic carbocycles. The number of aromatic amines is 1. The van der Waals surface area contributed by atoms with Crippen molar-refractivity contribution in [2.75, 3.05) is 6.26 Å². The number of nitrogens with one attached hydrogen (secondary N) is 1. The molecule has 0 spiro atoms. The Morgan fingerprint density at radius 3 is 2.75 bits per heavy atom. The molecule has 2 aromatic heterocycles. The number of thioether (sulfide) groups is 1. The van der Waals surface area contributed by atoms with Gasteiger partial charge in [0.1, 0.15) is 5.03 Å². The van der Waals surface area contributed by atoms with Crippen LogP contribution in [0.2, 0.25) is 0 Å². The first-order chi connectivity index (χ1) is 9.70. The Labute approximate surface area is 120 Å². The van der Waals surface area contributed by atoms with E-state index >= 15 is 0 Å². The summed E-state index contributed by atoms with van der Waals surface area (Å²) in [6.07, 6.45) is 3.60. The van der Waals surface area contributed by atoms with Crippen molar-refractivity contribution in [3.8, 4) is 0 Å². The third kappa shape index (κ3) is 2.12. The minimum Gasteiger partial charge on any atom is -0.289 e. The van der Waals surface area contributed by atoms with Crippen LogP contribution in [-0.2, 0) is 0 Å². The number of nitrogens with zero attached hydrogens (tertiary/aromatic N) is 3. The molecule has 1 aromatic carbocycles. The first-order valence-electron chi connectivity index (χ1n) is 6.27. The molecule has 0 radical (unpaired) electrons. The Balaban J connectivity index is 2.20. The Morgan fingerprint density at radius 2 is 2.05 bits per heavy atom. The maximum Gasteiger partial charge on any atom is 0.329 e. The smallest absolute Gasteiger partial charge is 0.289 e. The summed E-state index contributed by atoms with van der Waals surface area (Å²) in [6, 6.07) is 9.79. The second kappa shape index (κ2) is 5.13. The average molecular weight is 286 g/mol. The van der Waals surface area contributed by atoms with Gasteiger partial charge in [-0.1, -0.05) is 30.3 Å². The van der Waals surface area contributed by atoms with Crippen molar-refractivity contribution >= 4 is 23.1 Å². The van der Waals surface area contributed by atoms with Crippen molar-refractivity contribution in [1.29, 1.82) is 0 Å². The lowest BCUT2D eigenvalue weighted by Crippen LogP contribution is -2.21. The van der Waals surface area contributed by atoms with Gasteiger partial charge in [-0.2, -0.15) is 0 Å². The quantitative estimate of drug-likeness (QED) is 0.751. The maximum atomic E-state index is 12.2. The fraction of sp³-hybridized carbons (Fsp3) is 0.214. The van der Waals surface area contributed by atoms with Crippen LogP contribution >= 0.6 is 11.8 Å². The van der Waals surface area contributed by atoms with E-state index in [1.54, 1.807) is 10.8 Å². The first-order valence-corrected chi connectivity index (χ1v) is 7.49. The van der Waals surface area contributed by atoms with Crippen LogP contribution in [0.15, 0.2) is 46.3 Å². The molecule has 1 atom stereocenters. The molecule has 6 heteroatoms. The molecule has 102 valence electrons. The van der Waals surface area contributed by atoms with Crippen molar-refractivity contribution in [3.05, 3.63) is 52.6 Å². The Bertz CT molecular complexity index is 794. The first kappa shape index (κ1) is 12.9. The van der Waals surface area contributed by atoms with E-state index < -0.39 is 0 Å². The second-order valence-electron chi connectivity index (χ2n) is 4.47. The normalized spacial score (nSPS) is 12.7. The third-order valence-electron chi connectivity index (χ3n) is 3.28. The molecule has 0 aliphatic rings. The Morgan fingerprint density at radius 1 is 1.30 bits per heavy atom. The van der Waals surface area contributed by atoms with Gasteiger partial charge < -0.3 is 0 Å². The lowest BCUT2D eigenvalue weighted by molar-refractivity contribution is 0.629. The SMILES string of the molecule is CSc1cnc2[nH]c(=O)n([C@H](C)c3ccccc3)c2n1. The molecule has 5 nitrogen and oxygen atoms in total. The number of rotatable bonds is 3. The number of benzene rings is 1. The van der Waals surface area contributed by atoms with Crippen LogP contribution in [0, 0.1) is 0 Å². The van der Waals surface area contributed by atoms with Gasteiger partial charge in [-0.25, -0.2) is 14.8 Å². The fourth-order valence-electron chi connectivity index (χ4n) is 2.22. The summed E-state index contributed by atoms with van der Waals surface area (Å²) in [5.74, 6) is 0. The summed E-state index contributed by atoms with van der Waals surface area (Å²) in [5.41, 5.74) is 2.00. The van der Waals surface area contributed by atoms with E-state index in [0.29, 0.717) is 11.3 Å². The third-order valence-corrected chi connectivity index (χ3v) is 3.90. The van der Waals surface area contributed by atoms with Crippen LogP contribution in [0.3, 0.4) is 0 Å². The maximum absolute atomic E-state index is 12.2. The monoisotopic (exact) mass is 286 g/mol. The van der Waals surface area contributed by atoms with Gasteiger partial charge in [-0.3, -0.25) is 9.55 Å². The highest BCUT2D eigenvalue weighted by atomic mass is 32.2. The molecule has 0 amide bonds. The van der Waals surface area contributed by atoms with Gasteiger partial charge in [0.25, 0.3) is 0 Å². The topological polar surface area (TPSA) is 63.6 Å². The van der Waals surface area contributed by atoms with Crippen LogP contribution in [0.25, 0.3) is 11.3 Å². The lowest BCUT2D eigenvalue weighted by atomic mass is 10.1. The molecule has 0 saturated carbocycles. The minimum atomic E-state index is -0.186. The van der Waals surface area contributed by atoms with E-state index in [-0.39, 0.29) is 11.7 Å². The molecule has 3 rings (SSSR count). The van der Waals surface area contributed by atoms with Crippen molar-refractivity contribution in [1.82, 2.24) is 19.5 Å². The zero-order chi connectivity index (χ0) is 14.1. The van der Waals surface area contributed by atoms with E-state index in [1.165, 1.54) is 11.8 Å². The zero-order valence-corrected chi connectivity index (χ0v) is 12.0. The van der Waals surface area contributed by atoms with E-state index in [0.717, 1.165) is 10.6 Å². The zero-order valence-electron chi connectivity index (χ0n) is 11.2. The molecule has 2 heterocycles. The van der Waals surface area contributed by atoms with Crippen LogP contribution in [0.1, 0.15) is 18.5 Å². The Kier molecular flexibility index (Phi) is 3.31. The van der Waals surface area contributed by atoms with Crippen LogP contribution in [-0.4, -0.2) is 25.8 Å². The van der Waals surface area contributed by atoms with Crippen molar-refractivity contribution in [3.63, 3.8) is 0 Å². The van der Waals surface area contributed by atoms with E-state index in [1.807, 2.05) is 43.5 Å². The predicted molar refractivity (Wildman–Crippen MR) is 80.2 cm³/mol. The molecule has 0 unspecified atom stereocenters. The second-order valence-corrected chi connectivity index (χ2v) is 5.30. The molecule has 0 fully saturated rings. The highest BCUT2D eigenvalue weighted by molar-refractivity contribution is 7.98. The fourth-order valence-corrected chi connectivity index (χ4v) is 2.55. The van der Waals surface area contributed by atoms with Gasteiger partial charge in [0.2, 0.25) is 0 Å². The summed E-state index contributed by atoms with van der Waals surface area (Å²) >= 11 is 1.51. The molecule has 0 saturated heterocycles. The number of H-pyrrole nitrogens is 1. The van der Waals surface area contributed by atoms with Crippen LogP contribution < -0.4 is 5.69 Å². The van der Waals surface area contributed by atoms with Gasteiger partial charge in [-0.05, 0) is 18.7 Å². The number of aromatic nitrogens is 4. The van der Waals surface area contributed by atoms with Gasteiger partial charge in [0, 0.05) is 0 Å². The standard InChI is InChI=1S/C14H14N4OS/c1-9(10-6-4-3-5-7-10)18-13-12(17-14(18)19)15-8-11(16-13)20-2/h3-9H,1-2H3,(H,15,17,19)/t9-/m1/s1. The van der Waals surface area contributed by atoms with Gasteiger partial charge >= 0.3 is 5.69 Å². The molecule has 3 aromatic rings. The molecule has 1 N–H and O–H groups in total.